The van der Waals surface area contributed by atoms with E-state index in [1.807, 2.05) is 33.7 Å². The Morgan fingerprint density at radius 2 is 1.81 bits per heavy atom. The number of aromatic nitrogens is 2. The first-order chi connectivity index (χ1) is 15.5. The van der Waals surface area contributed by atoms with Crippen molar-refractivity contribution in [3.05, 3.63) is 89.0 Å². The van der Waals surface area contributed by atoms with E-state index in [9.17, 15) is 10.1 Å². The van der Waals surface area contributed by atoms with Crippen LogP contribution in [-0.2, 0) is 13.0 Å². The number of piperidine rings is 1. The van der Waals surface area contributed by atoms with Gasteiger partial charge in [-0.05, 0) is 55.0 Å². The third-order valence-electron chi connectivity index (χ3n) is 6.40. The molecular formula is C26H25N5O. The van der Waals surface area contributed by atoms with Crippen molar-refractivity contribution in [1.29, 1.82) is 10.5 Å². The third-order valence-corrected chi connectivity index (χ3v) is 6.40. The first-order valence-corrected chi connectivity index (χ1v) is 10.8. The van der Waals surface area contributed by atoms with Crippen molar-refractivity contribution in [2.75, 3.05) is 13.1 Å². The second-order valence-electron chi connectivity index (χ2n) is 8.50. The maximum Gasteiger partial charge on any atom is 0.272 e. The highest BCUT2D eigenvalue weighted by Crippen LogP contribution is 2.35. The second-order valence-corrected chi connectivity index (χ2v) is 8.50. The van der Waals surface area contributed by atoms with Crippen molar-refractivity contribution < 1.29 is 4.79 Å². The van der Waals surface area contributed by atoms with E-state index in [0.717, 1.165) is 12.0 Å². The summed E-state index contributed by atoms with van der Waals surface area (Å²) in [5.74, 6) is -0.0569. The monoisotopic (exact) mass is 423 g/mol. The van der Waals surface area contributed by atoms with Gasteiger partial charge in [0.05, 0.1) is 35.6 Å². The van der Waals surface area contributed by atoms with Crippen LogP contribution in [0.5, 0.6) is 0 Å². The molecule has 0 bridgehead atoms. The van der Waals surface area contributed by atoms with Crippen LogP contribution >= 0.6 is 0 Å². The first-order valence-electron chi connectivity index (χ1n) is 10.8. The lowest BCUT2D eigenvalue weighted by atomic mass is 9.74. The number of hydrogen-bond donors (Lipinski definition) is 0. The van der Waals surface area contributed by atoms with Gasteiger partial charge < -0.3 is 9.47 Å². The molecule has 0 unspecified atom stereocenters. The molecule has 0 N–H and O–H groups in total. The smallest absolute Gasteiger partial charge is 0.272 e. The van der Waals surface area contributed by atoms with E-state index in [2.05, 4.69) is 36.2 Å². The molecular weight excluding hydrogens is 398 g/mol. The Bertz CT molecular complexity index is 1190. The number of aryl methyl sites for hydroxylation is 1. The maximum absolute atomic E-state index is 13.2. The molecule has 1 aliphatic rings. The van der Waals surface area contributed by atoms with E-state index in [0.29, 0.717) is 43.7 Å². The molecule has 32 heavy (non-hydrogen) atoms. The highest BCUT2D eigenvalue weighted by Gasteiger charge is 2.37. The molecule has 4 rings (SSSR count). The molecule has 1 aliphatic heterocycles. The van der Waals surface area contributed by atoms with Crippen molar-refractivity contribution in [3.63, 3.8) is 0 Å². The largest absolute Gasteiger partial charge is 0.337 e. The topological polar surface area (TPSA) is 85.7 Å². The van der Waals surface area contributed by atoms with Gasteiger partial charge in [0.25, 0.3) is 5.91 Å². The summed E-state index contributed by atoms with van der Waals surface area (Å²) in [7, 11) is 0. The number of carbonyl (C=O) groups excluding carboxylic acids is 1. The molecule has 0 aliphatic carbocycles. The number of amides is 1. The summed E-state index contributed by atoms with van der Waals surface area (Å²) in [5.41, 5.74) is 4.11. The molecule has 160 valence electrons. The molecule has 0 atom stereocenters. The van der Waals surface area contributed by atoms with Crippen LogP contribution in [0.2, 0.25) is 0 Å². The summed E-state index contributed by atoms with van der Waals surface area (Å²) in [6.07, 6.45) is 5.30. The van der Waals surface area contributed by atoms with Gasteiger partial charge in [0.2, 0.25) is 0 Å². The number of nitrogens with zero attached hydrogens (tertiary/aromatic N) is 5. The van der Waals surface area contributed by atoms with E-state index >= 15 is 0 Å². The number of hydrogen-bond acceptors (Lipinski definition) is 4. The SMILES string of the molecule is Cc1ccccc1CC1(C#N)CCN(C(=O)c2cncn2Cc2ccc(C#N)cc2)CC1. The van der Waals surface area contributed by atoms with Crippen LogP contribution in [0.4, 0.5) is 0 Å². The Hall–Kier alpha value is -3.90. The van der Waals surface area contributed by atoms with Crippen molar-refractivity contribution in [2.45, 2.75) is 32.7 Å². The van der Waals surface area contributed by atoms with Crippen LogP contribution in [0.15, 0.2) is 61.1 Å². The van der Waals surface area contributed by atoms with Crippen LogP contribution in [0.3, 0.4) is 0 Å². The molecule has 1 amide bonds. The first kappa shape index (κ1) is 21.3. The highest BCUT2D eigenvalue weighted by molar-refractivity contribution is 5.92. The molecule has 2 aromatic carbocycles. The summed E-state index contributed by atoms with van der Waals surface area (Å²) in [6, 6.07) is 20.2. The minimum atomic E-state index is -0.439. The van der Waals surface area contributed by atoms with Gasteiger partial charge in [0.15, 0.2) is 0 Å². The van der Waals surface area contributed by atoms with E-state index in [-0.39, 0.29) is 5.91 Å². The van der Waals surface area contributed by atoms with Crippen LogP contribution in [0.25, 0.3) is 0 Å². The minimum absolute atomic E-state index is 0.0569. The number of carbonyl (C=O) groups is 1. The third kappa shape index (κ3) is 4.40. The zero-order valence-electron chi connectivity index (χ0n) is 18.2. The Morgan fingerprint density at radius 3 is 2.47 bits per heavy atom. The Kier molecular flexibility index (Phi) is 6.05. The average molecular weight is 424 g/mol. The van der Waals surface area contributed by atoms with E-state index in [1.54, 1.807) is 24.7 Å². The quantitative estimate of drug-likeness (QED) is 0.618. The lowest BCUT2D eigenvalue weighted by Gasteiger charge is -2.37. The number of benzene rings is 2. The van der Waals surface area contributed by atoms with E-state index in [1.165, 1.54) is 11.1 Å². The average Bonchev–Trinajstić information content (AvgIpc) is 3.29. The Morgan fingerprint density at radius 1 is 1.09 bits per heavy atom. The van der Waals surface area contributed by atoms with Crippen LogP contribution in [-0.4, -0.2) is 33.4 Å². The van der Waals surface area contributed by atoms with Gasteiger partial charge in [-0.25, -0.2) is 4.98 Å². The summed E-state index contributed by atoms with van der Waals surface area (Å²) in [6.45, 7) is 3.70. The number of likely N-dealkylation sites (tertiary alicyclic amines) is 1. The summed E-state index contributed by atoms with van der Waals surface area (Å²) >= 11 is 0. The van der Waals surface area contributed by atoms with Crippen LogP contribution < -0.4 is 0 Å². The van der Waals surface area contributed by atoms with Crippen LogP contribution in [0, 0.1) is 35.0 Å². The molecule has 1 aromatic heterocycles. The van der Waals surface area contributed by atoms with Gasteiger partial charge in [-0.15, -0.1) is 0 Å². The zero-order chi connectivity index (χ0) is 22.6. The summed E-state index contributed by atoms with van der Waals surface area (Å²) in [5, 5.41) is 18.9. The van der Waals surface area contributed by atoms with Gasteiger partial charge in [-0.1, -0.05) is 36.4 Å². The Labute approximate surface area is 188 Å². The fourth-order valence-electron chi connectivity index (χ4n) is 4.31. The fourth-order valence-corrected chi connectivity index (χ4v) is 4.31. The second kappa shape index (κ2) is 9.08. The standard InChI is InChI=1S/C26H25N5O/c1-20-4-2-3-5-23(20)14-26(18-28)10-12-30(13-11-26)25(32)24-16-29-19-31(24)17-22-8-6-21(15-27)7-9-22/h2-9,16,19H,10-14,17H2,1H3. The van der Waals surface area contributed by atoms with Gasteiger partial charge in [-0.2, -0.15) is 10.5 Å². The molecule has 1 saturated heterocycles. The zero-order valence-corrected chi connectivity index (χ0v) is 18.2. The summed E-state index contributed by atoms with van der Waals surface area (Å²) in [4.78, 5) is 19.2. The fraction of sp³-hybridized carbons (Fsp3) is 0.308. The number of rotatable bonds is 5. The van der Waals surface area contributed by atoms with Crippen molar-refractivity contribution >= 4 is 5.91 Å². The van der Waals surface area contributed by atoms with Crippen molar-refractivity contribution in [1.82, 2.24) is 14.5 Å². The maximum atomic E-state index is 13.2. The molecule has 2 heterocycles. The molecule has 3 aromatic rings. The predicted octanol–water partition coefficient (Wildman–Crippen LogP) is 4.10. The van der Waals surface area contributed by atoms with Gasteiger partial charge in [-0.3, -0.25) is 4.79 Å². The molecule has 1 fully saturated rings. The number of imidazole rings is 1. The summed E-state index contributed by atoms with van der Waals surface area (Å²) < 4.78 is 1.84. The molecule has 0 spiro atoms. The lowest BCUT2D eigenvalue weighted by molar-refractivity contribution is 0.0636. The molecule has 0 saturated carbocycles. The van der Waals surface area contributed by atoms with E-state index in [4.69, 9.17) is 5.26 Å². The number of nitriles is 2. The molecule has 6 heteroatoms. The van der Waals surface area contributed by atoms with Gasteiger partial charge >= 0.3 is 0 Å². The van der Waals surface area contributed by atoms with Crippen molar-refractivity contribution in [2.24, 2.45) is 5.41 Å². The van der Waals surface area contributed by atoms with Gasteiger partial charge in [0, 0.05) is 19.6 Å². The normalized spacial score (nSPS) is 15.0. The molecule has 6 nitrogen and oxygen atoms in total. The highest BCUT2D eigenvalue weighted by atomic mass is 16.2. The lowest BCUT2D eigenvalue weighted by Crippen LogP contribution is -2.44. The molecule has 0 radical (unpaired) electrons. The van der Waals surface area contributed by atoms with Crippen LogP contribution in [0.1, 0.15) is 45.6 Å². The van der Waals surface area contributed by atoms with Gasteiger partial charge in [0.1, 0.15) is 5.69 Å². The van der Waals surface area contributed by atoms with Crippen molar-refractivity contribution in [3.8, 4) is 12.1 Å². The Balaban J connectivity index is 1.44. The minimum Gasteiger partial charge on any atom is -0.337 e. The predicted molar refractivity (Wildman–Crippen MR) is 121 cm³/mol. The van der Waals surface area contributed by atoms with E-state index < -0.39 is 5.41 Å².